The molecule has 1 aromatic carbocycles. The minimum atomic E-state index is 0.312. The van der Waals surface area contributed by atoms with E-state index >= 15 is 0 Å². The fraction of sp³-hybridized carbons (Fsp3) is 0.412. The van der Waals surface area contributed by atoms with Crippen molar-refractivity contribution in [3.05, 3.63) is 60.2 Å². The molecule has 3 heteroatoms. The maximum atomic E-state index is 4.43. The van der Waals surface area contributed by atoms with Crippen molar-refractivity contribution in [1.82, 2.24) is 15.3 Å². The van der Waals surface area contributed by atoms with Crippen LogP contribution in [0, 0.1) is 0 Å². The molecule has 0 bridgehead atoms. The summed E-state index contributed by atoms with van der Waals surface area (Å²) < 4.78 is 0. The first kappa shape index (κ1) is 14.7. The van der Waals surface area contributed by atoms with Crippen molar-refractivity contribution in [3.63, 3.8) is 0 Å². The minimum absolute atomic E-state index is 0.312. The first-order valence-electron chi connectivity index (χ1n) is 7.43. The predicted octanol–water partition coefficient (Wildman–Crippen LogP) is 3.54. The molecule has 0 aliphatic rings. The first-order chi connectivity index (χ1) is 9.90. The van der Waals surface area contributed by atoms with Crippen LogP contribution in [0.25, 0.3) is 0 Å². The lowest BCUT2D eigenvalue weighted by Gasteiger charge is -2.17. The summed E-state index contributed by atoms with van der Waals surface area (Å²) in [6, 6.07) is 11.0. The van der Waals surface area contributed by atoms with E-state index in [1.165, 1.54) is 5.56 Å². The van der Waals surface area contributed by atoms with Crippen molar-refractivity contribution >= 4 is 0 Å². The molecule has 106 valence electrons. The molecule has 0 spiro atoms. The van der Waals surface area contributed by atoms with Crippen molar-refractivity contribution in [1.29, 1.82) is 0 Å². The molecule has 2 aromatic rings. The minimum Gasteiger partial charge on any atom is -0.309 e. The van der Waals surface area contributed by atoms with Crippen LogP contribution in [0.4, 0.5) is 0 Å². The van der Waals surface area contributed by atoms with Gasteiger partial charge in [0, 0.05) is 18.6 Å². The van der Waals surface area contributed by atoms with Crippen LogP contribution in [0.5, 0.6) is 0 Å². The highest BCUT2D eigenvalue weighted by atomic mass is 14.9. The monoisotopic (exact) mass is 269 g/mol. The van der Waals surface area contributed by atoms with Crippen molar-refractivity contribution < 1.29 is 0 Å². The number of rotatable bonds is 8. The van der Waals surface area contributed by atoms with Gasteiger partial charge in [0.1, 0.15) is 0 Å². The summed E-state index contributed by atoms with van der Waals surface area (Å²) in [6.07, 6.45) is 9.86. The van der Waals surface area contributed by atoms with E-state index < -0.39 is 0 Å². The van der Waals surface area contributed by atoms with E-state index in [0.29, 0.717) is 6.04 Å². The average Bonchev–Trinajstić information content (AvgIpc) is 2.52. The molecule has 1 heterocycles. The average molecular weight is 269 g/mol. The van der Waals surface area contributed by atoms with Crippen LogP contribution in [0.15, 0.2) is 48.9 Å². The molecule has 20 heavy (non-hydrogen) atoms. The summed E-state index contributed by atoms with van der Waals surface area (Å²) >= 11 is 0. The molecule has 0 radical (unpaired) electrons. The number of nitrogens with one attached hydrogen (secondary N) is 1. The molecule has 1 N–H and O–H groups in total. The maximum absolute atomic E-state index is 4.43. The van der Waals surface area contributed by atoms with Crippen molar-refractivity contribution in [2.45, 2.75) is 38.6 Å². The second-order valence-electron chi connectivity index (χ2n) is 5.01. The molecular formula is C17H23N3. The zero-order chi connectivity index (χ0) is 14.0. The van der Waals surface area contributed by atoms with Crippen LogP contribution in [-0.4, -0.2) is 16.5 Å². The third-order valence-electron chi connectivity index (χ3n) is 3.38. The van der Waals surface area contributed by atoms with Gasteiger partial charge in [-0.2, -0.15) is 0 Å². The molecule has 0 aliphatic carbocycles. The predicted molar refractivity (Wildman–Crippen MR) is 82.4 cm³/mol. The normalized spacial score (nSPS) is 12.2. The largest absolute Gasteiger partial charge is 0.309 e. The Morgan fingerprint density at radius 3 is 2.70 bits per heavy atom. The molecule has 0 saturated carbocycles. The summed E-state index contributed by atoms with van der Waals surface area (Å²) in [7, 11) is 0. The molecule has 0 saturated heterocycles. The van der Waals surface area contributed by atoms with E-state index in [-0.39, 0.29) is 0 Å². The van der Waals surface area contributed by atoms with E-state index in [4.69, 9.17) is 0 Å². The quantitative estimate of drug-likeness (QED) is 0.796. The standard InChI is InChI=1S/C17H23N3/c1-2-11-19-16(17-14-18-12-13-20-17)10-6-9-15-7-4-3-5-8-15/h3-5,7-8,12-14,16,19H,2,6,9-11H2,1H3. The molecule has 0 amide bonds. The zero-order valence-corrected chi connectivity index (χ0v) is 12.1. The molecule has 1 atom stereocenters. The summed E-state index contributed by atoms with van der Waals surface area (Å²) in [6.45, 7) is 3.21. The Hall–Kier alpha value is -1.74. The lowest BCUT2D eigenvalue weighted by molar-refractivity contribution is 0.473. The van der Waals surface area contributed by atoms with E-state index in [1.54, 1.807) is 12.4 Å². The Balaban J connectivity index is 1.88. The lowest BCUT2D eigenvalue weighted by atomic mass is 10.0. The van der Waals surface area contributed by atoms with Gasteiger partial charge in [0.05, 0.1) is 11.7 Å². The summed E-state index contributed by atoms with van der Waals surface area (Å²) in [5, 5.41) is 3.57. The summed E-state index contributed by atoms with van der Waals surface area (Å²) in [4.78, 5) is 8.61. The highest BCUT2D eigenvalue weighted by Crippen LogP contribution is 2.17. The molecule has 0 aliphatic heterocycles. The van der Waals surface area contributed by atoms with Crippen LogP contribution < -0.4 is 5.32 Å². The Kier molecular flexibility index (Phi) is 6.18. The Morgan fingerprint density at radius 1 is 1.15 bits per heavy atom. The first-order valence-corrected chi connectivity index (χ1v) is 7.43. The Bertz CT molecular complexity index is 470. The third-order valence-corrected chi connectivity index (χ3v) is 3.38. The fourth-order valence-corrected chi connectivity index (χ4v) is 2.32. The fourth-order valence-electron chi connectivity index (χ4n) is 2.32. The Morgan fingerprint density at radius 2 is 2.00 bits per heavy atom. The van der Waals surface area contributed by atoms with Crippen LogP contribution in [0.1, 0.15) is 43.5 Å². The molecule has 2 rings (SSSR count). The van der Waals surface area contributed by atoms with Gasteiger partial charge in [-0.1, -0.05) is 37.3 Å². The van der Waals surface area contributed by atoms with Gasteiger partial charge < -0.3 is 5.32 Å². The number of aromatic nitrogens is 2. The molecule has 3 nitrogen and oxygen atoms in total. The third kappa shape index (κ3) is 4.74. The molecule has 1 unspecified atom stereocenters. The number of hydrogen-bond acceptors (Lipinski definition) is 3. The summed E-state index contributed by atoms with van der Waals surface area (Å²) in [5.41, 5.74) is 2.45. The zero-order valence-electron chi connectivity index (χ0n) is 12.1. The van der Waals surface area contributed by atoms with E-state index in [2.05, 4.69) is 52.5 Å². The maximum Gasteiger partial charge on any atom is 0.0756 e. The highest BCUT2D eigenvalue weighted by molar-refractivity contribution is 5.14. The van der Waals surface area contributed by atoms with Gasteiger partial charge in [-0.15, -0.1) is 0 Å². The number of nitrogens with zero attached hydrogens (tertiary/aromatic N) is 2. The van der Waals surface area contributed by atoms with Gasteiger partial charge >= 0.3 is 0 Å². The SMILES string of the molecule is CCCNC(CCCc1ccccc1)c1cnccn1. The van der Waals surface area contributed by atoms with Crippen LogP contribution in [-0.2, 0) is 6.42 Å². The highest BCUT2D eigenvalue weighted by Gasteiger charge is 2.11. The topological polar surface area (TPSA) is 37.8 Å². The molecule has 0 fully saturated rings. The van der Waals surface area contributed by atoms with Gasteiger partial charge in [-0.05, 0) is 37.8 Å². The van der Waals surface area contributed by atoms with E-state index in [0.717, 1.165) is 37.9 Å². The smallest absolute Gasteiger partial charge is 0.0756 e. The van der Waals surface area contributed by atoms with E-state index in [9.17, 15) is 0 Å². The van der Waals surface area contributed by atoms with Crippen LogP contribution >= 0.6 is 0 Å². The van der Waals surface area contributed by atoms with Crippen molar-refractivity contribution in [2.75, 3.05) is 6.54 Å². The molecule has 1 aromatic heterocycles. The van der Waals surface area contributed by atoms with Crippen LogP contribution in [0.2, 0.25) is 0 Å². The van der Waals surface area contributed by atoms with Gasteiger partial charge in [-0.3, -0.25) is 9.97 Å². The van der Waals surface area contributed by atoms with Gasteiger partial charge in [-0.25, -0.2) is 0 Å². The summed E-state index contributed by atoms with van der Waals surface area (Å²) in [5.74, 6) is 0. The number of hydrogen-bond donors (Lipinski definition) is 1. The van der Waals surface area contributed by atoms with Gasteiger partial charge in [0.2, 0.25) is 0 Å². The van der Waals surface area contributed by atoms with Gasteiger partial charge in [0.25, 0.3) is 0 Å². The van der Waals surface area contributed by atoms with Crippen LogP contribution in [0.3, 0.4) is 0 Å². The van der Waals surface area contributed by atoms with Gasteiger partial charge in [0.15, 0.2) is 0 Å². The second kappa shape index (κ2) is 8.43. The second-order valence-corrected chi connectivity index (χ2v) is 5.01. The van der Waals surface area contributed by atoms with E-state index in [1.807, 2.05) is 6.20 Å². The number of aryl methyl sites for hydroxylation is 1. The van der Waals surface area contributed by atoms with Crippen molar-refractivity contribution in [2.24, 2.45) is 0 Å². The number of benzene rings is 1. The van der Waals surface area contributed by atoms with Crippen molar-refractivity contribution in [3.8, 4) is 0 Å². The lowest BCUT2D eigenvalue weighted by Crippen LogP contribution is -2.23. The Labute approximate surface area is 121 Å². The molecular weight excluding hydrogens is 246 g/mol.